The fourth-order valence-corrected chi connectivity index (χ4v) is 3.70. The average molecular weight is 406 g/mol. The van der Waals surface area contributed by atoms with Crippen LogP contribution in [0.2, 0.25) is 0 Å². The highest BCUT2D eigenvalue weighted by Gasteiger charge is 2.16. The number of aromatic nitrogens is 4. The summed E-state index contributed by atoms with van der Waals surface area (Å²) in [6.07, 6.45) is 6.71. The van der Waals surface area contributed by atoms with E-state index in [1.807, 2.05) is 36.7 Å². The van der Waals surface area contributed by atoms with Gasteiger partial charge in [0.05, 0.1) is 18.4 Å². The Bertz CT molecular complexity index is 1040. The minimum Gasteiger partial charge on any atom is -0.494 e. The topological polar surface area (TPSA) is 85.2 Å². The molecular formula is C22H26N6O2. The molecule has 30 heavy (non-hydrogen) atoms. The molecule has 8 heteroatoms. The largest absolute Gasteiger partial charge is 0.494 e. The lowest BCUT2D eigenvalue weighted by Gasteiger charge is -2.26. The number of piperidine rings is 1. The van der Waals surface area contributed by atoms with Crippen molar-refractivity contribution in [3.05, 3.63) is 53.6 Å². The number of nitrogens with one attached hydrogen (secondary N) is 1. The number of hydrogen-bond acceptors (Lipinski definition) is 6. The van der Waals surface area contributed by atoms with Gasteiger partial charge in [0.2, 0.25) is 5.95 Å². The third-order valence-electron chi connectivity index (χ3n) is 5.21. The molecule has 4 rings (SSSR count). The molecule has 0 bridgehead atoms. The van der Waals surface area contributed by atoms with E-state index in [4.69, 9.17) is 4.74 Å². The normalized spacial score (nSPS) is 13.9. The molecule has 0 atom stereocenters. The first-order chi connectivity index (χ1) is 14.5. The first-order valence-corrected chi connectivity index (χ1v) is 10.1. The number of amides is 1. The van der Waals surface area contributed by atoms with Crippen molar-refractivity contribution in [2.45, 2.75) is 33.1 Å². The monoisotopic (exact) mass is 406 g/mol. The second-order valence-electron chi connectivity index (χ2n) is 7.50. The Morgan fingerprint density at radius 3 is 2.43 bits per heavy atom. The van der Waals surface area contributed by atoms with Crippen LogP contribution in [-0.2, 0) is 0 Å². The van der Waals surface area contributed by atoms with Gasteiger partial charge in [0.1, 0.15) is 11.4 Å². The number of carbonyl (C=O) groups is 1. The minimum absolute atomic E-state index is 0.263. The number of anilines is 2. The highest BCUT2D eigenvalue weighted by Crippen LogP contribution is 2.28. The van der Waals surface area contributed by atoms with Crippen molar-refractivity contribution in [1.82, 2.24) is 19.7 Å². The van der Waals surface area contributed by atoms with Gasteiger partial charge in [-0.05, 0) is 51.3 Å². The molecule has 1 amide bonds. The third-order valence-corrected chi connectivity index (χ3v) is 5.21. The molecule has 1 aromatic carbocycles. The molecule has 1 aliphatic heterocycles. The highest BCUT2D eigenvalue weighted by atomic mass is 16.5. The molecule has 2 aromatic heterocycles. The maximum atomic E-state index is 12.7. The first-order valence-electron chi connectivity index (χ1n) is 10.1. The second-order valence-corrected chi connectivity index (χ2v) is 7.50. The summed E-state index contributed by atoms with van der Waals surface area (Å²) in [5.74, 6) is 1.04. The third kappa shape index (κ3) is 4.12. The molecule has 0 spiro atoms. The molecule has 1 saturated heterocycles. The summed E-state index contributed by atoms with van der Waals surface area (Å²) in [7, 11) is 1.60. The van der Waals surface area contributed by atoms with Crippen molar-refractivity contribution < 1.29 is 9.53 Å². The van der Waals surface area contributed by atoms with Crippen LogP contribution in [0.4, 0.5) is 11.6 Å². The Labute approximate surface area is 175 Å². The van der Waals surface area contributed by atoms with E-state index in [0.717, 1.165) is 43.0 Å². The van der Waals surface area contributed by atoms with Crippen molar-refractivity contribution in [2.24, 2.45) is 0 Å². The van der Waals surface area contributed by atoms with E-state index in [2.05, 4.69) is 25.3 Å². The van der Waals surface area contributed by atoms with Crippen LogP contribution in [0.1, 0.15) is 41.0 Å². The van der Waals surface area contributed by atoms with Crippen molar-refractivity contribution in [2.75, 3.05) is 30.4 Å². The maximum absolute atomic E-state index is 12.7. The van der Waals surface area contributed by atoms with Gasteiger partial charge < -0.3 is 15.0 Å². The number of ether oxygens (including phenoxy) is 1. The van der Waals surface area contributed by atoms with Gasteiger partial charge in [0.15, 0.2) is 0 Å². The fourth-order valence-electron chi connectivity index (χ4n) is 3.70. The van der Waals surface area contributed by atoms with Crippen molar-refractivity contribution >= 4 is 17.5 Å². The van der Waals surface area contributed by atoms with Gasteiger partial charge in [0.25, 0.3) is 5.91 Å². The van der Waals surface area contributed by atoms with Gasteiger partial charge in [-0.3, -0.25) is 4.79 Å². The van der Waals surface area contributed by atoms with E-state index in [1.165, 1.54) is 6.42 Å². The predicted octanol–water partition coefficient (Wildman–Crippen LogP) is 3.53. The van der Waals surface area contributed by atoms with Crippen molar-refractivity contribution in [3.8, 4) is 11.4 Å². The molecule has 0 radical (unpaired) electrons. The minimum atomic E-state index is -0.263. The summed E-state index contributed by atoms with van der Waals surface area (Å²) >= 11 is 0. The number of nitrogens with zero attached hydrogens (tertiary/aromatic N) is 5. The van der Waals surface area contributed by atoms with Crippen LogP contribution in [0.3, 0.4) is 0 Å². The summed E-state index contributed by atoms with van der Waals surface area (Å²) in [5.41, 5.74) is 3.79. The lowest BCUT2D eigenvalue weighted by Crippen LogP contribution is -2.31. The van der Waals surface area contributed by atoms with Gasteiger partial charge in [-0.25, -0.2) is 14.6 Å². The van der Waals surface area contributed by atoms with Gasteiger partial charge in [-0.2, -0.15) is 5.10 Å². The quantitative estimate of drug-likeness (QED) is 0.698. The van der Waals surface area contributed by atoms with Crippen LogP contribution in [0, 0.1) is 13.8 Å². The smallest absolute Gasteiger partial charge is 0.258 e. The van der Waals surface area contributed by atoms with Gasteiger partial charge in [-0.1, -0.05) is 0 Å². The van der Waals surface area contributed by atoms with Crippen LogP contribution in [0.25, 0.3) is 5.69 Å². The predicted molar refractivity (Wildman–Crippen MR) is 116 cm³/mol. The van der Waals surface area contributed by atoms with Crippen LogP contribution >= 0.6 is 0 Å². The average Bonchev–Trinajstić information content (AvgIpc) is 3.12. The van der Waals surface area contributed by atoms with E-state index >= 15 is 0 Å². The number of aryl methyl sites for hydroxylation is 2. The number of hydrogen-bond donors (Lipinski definition) is 1. The van der Waals surface area contributed by atoms with E-state index in [-0.39, 0.29) is 5.91 Å². The van der Waals surface area contributed by atoms with Crippen LogP contribution < -0.4 is 15.0 Å². The van der Waals surface area contributed by atoms with Crippen molar-refractivity contribution in [1.29, 1.82) is 0 Å². The van der Waals surface area contributed by atoms with Crippen LogP contribution in [0.5, 0.6) is 5.75 Å². The molecule has 1 fully saturated rings. The molecule has 3 aromatic rings. The molecule has 3 heterocycles. The second kappa shape index (κ2) is 8.52. The molecule has 156 valence electrons. The molecule has 8 nitrogen and oxygen atoms in total. The molecule has 0 saturated carbocycles. The summed E-state index contributed by atoms with van der Waals surface area (Å²) in [5, 5.41) is 7.39. The zero-order valence-corrected chi connectivity index (χ0v) is 17.6. The van der Waals surface area contributed by atoms with Gasteiger partial charge in [-0.15, -0.1) is 0 Å². The van der Waals surface area contributed by atoms with Gasteiger partial charge >= 0.3 is 0 Å². The molecule has 1 N–H and O–H groups in total. The summed E-state index contributed by atoms with van der Waals surface area (Å²) < 4.78 is 7.36. The summed E-state index contributed by atoms with van der Waals surface area (Å²) in [6.45, 7) is 5.87. The molecular weight excluding hydrogens is 380 g/mol. The van der Waals surface area contributed by atoms with E-state index < -0.39 is 0 Å². The van der Waals surface area contributed by atoms with Crippen LogP contribution in [-0.4, -0.2) is 45.9 Å². The Kier molecular flexibility index (Phi) is 5.65. The Hall–Kier alpha value is -3.42. The molecule has 1 aliphatic rings. The SMILES string of the molecule is COc1cc(NC(=O)c2cnc(N3CCCCC3)nc2)ccc1-n1nc(C)cc1C. The first kappa shape index (κ1) is 19.9. The number of benzene rings is 1. The van der Waals surface area contributed by atoms with E-state index in [9.17, 15) is 4.79 Å². The number of rotatable bonds is 5. The Morgan fingerprint density at radius 1 is 1.07 bits per heavy atom. The zero-order valence-electron chi connectivity index (χ0n) is 17.6. The zero-order chi connectivity index (χ0) is 21.1. The highest BCUT2D eigenvalue weighted by molar-refractivity contribution is 6.04. The van der Waals surface area contributed by atoms with Gasteiger partial charge in [0, 0.05) is 42.9 Å². The van der Waals surface area contributed by atoms with E-state index in [0.29, 0.717) is 22.9 Å². The summed E-state index contributed by atoms with van der Waals surface area (Å²) in [4.78, 5) is 23.6. The van der Waals surface area contributed by atoms with Crippen molar-refractivity contribution in [3.63, 3.8) is 0 Å². The number of carbonyl (C=O) groups excluding carboxylic acids is 1. The fraction of sp³-hybridized carbons (Fsp3) is 0.364. The maximum Gasteiger partial charge on any atom is 0.258 e. The standard InChI is InChI=1S/C22H26N6O2/c1-15-11-16(2)28(26-15)19-8-7-18(12-20(19)30-3)25-21(29)17-13-23-22(24-14-17)27-9-5-4-6-10-27/h7-8,11-14H,4-6,9-10H2,1-3H3,(H,25,29). The van der Waals surface area contributed by atoms with Crippen LogP contribution in [0.15, 0.2) is 36.7 Å². The van der Waals surface area contributed by atoms with E-state index in [1.54, 1.807) is 25.6 Å². The lowest BCUT2D eigenvalue weighted by atomic mass is 10.1. The lowest BCUT2D eigenvalue weighted by molar-refractivity contribution is 0.102. The summed E-state index contributed by atoms with van der Waals surface area (Å²) in [6, 6.07) is 7.49. The number of methoxy groups -OCH3 is 1. The molecule has 0 unspecified atom stereocenters. The Balaban J connectivity index is 1.49. The Morgan fingerprint density at radius 2 is 1.80 bits per heavy atom. The molecule has 0 aliphatic carbocycles.